The van der Waals surface area contributed by atoms with E-state index in [9.17, 15) is 4.79 Å². The molecule has 1 saturated carbocycles. The fourth-order valence-corrected chi connectivity index (χ4v) is 2.42. The van der Waals surface area contributed by atoms with Crippen LogP contribution in [0.1, 0.15) is 24.1 Å². The molecular formula is C17H21N3O. The van der Waals surface area contributed by atoms with Crippen molar-refractivity contribution in [3.8, 4) is 0 Å². The number of urea groups is 1. The van der Waals surface area contributed by atoms with Crippen LogP contribution in [0, 0.1) is 6.92 Å². The number of rotatable bonds is 4. The molecule has 2 aromatic rings. The summed E-state index contributed by atoms with van der Waals surface area (Å²) in [6.07, 6.45) is 4.22. The third kappa shape index (κ3) is 3.27. The van der Waals surface area contributed by atoms with Gasteiger partial charge in [0, 0.05) is 30.7 Å². The highest BCUT2D eigenvalue weighted by Gasteiger charge is 2.33. The minimum Gasteiger partial charge on any atom is -0.353 e. The highest BCUT2D eigenvalue weighted by atomic mass is 16.2. The Morgan fingerprint density at radius 2 is 2.00 bits per heavy atom. The number of nitrogens with one attached hydrogen (secondary N) is 1. The summed E-state index contributed by atoms with van der Waals surface area (Å²) in [5.41, 5.74) is 3.19. The van der Waals surface area contributed by atoms with Gasteiger partial charge in [0.15, 0.2) is 0 Å². The number of aromatic nitrogens is 1. The third-order valence-corrected chi connectivity index (χ3v) is 3.94. The first kappa shape index (κ1) is 13.7. The molecule has 110 valence electrons. The lowest BCUT2D eigenvalue weighted by atomic mass is 10.2. The van der Waals surface area contributed by atoms with Crippen LogP contribution < -0.4 is 5.32 Å². The number of hydrogen-bond acceptors (Lipinski definition) is 1. The van der Waals surface area contributed by atoms with E-state index in [4.69, 9.17) is 0 Å². The second-order valence-corrected chi connectivity index (χ2v) is 5.77. The van der Waals surface area contributed by atoms with Crippen molar-refractivity contribution in [1.82, 2.24) is 9.47 Å². The number of nitrogens with zero attached hydrogens (tertiary/aromatic N) is 2. The molecule has 0 atom stereocenters. The van der Waals surface area contributed by atoms with Crippen LogP contribution in [0.4, 0.5) is 10.5 Å². The van der Waals surface area contributed by atoms with Gasteiger partial charge in [0.2, 0.25) is 0 Å². The molecule has 1 fully saturated rings. The number of carbonyl (C=O) groups is 1. The molecule has 0 unspecified atom stereocenters. The maximum atomic E-state index is 12.5. The van der Waals surface area contributed by atoms with Crippen LogP contribution in [0.2, 0.25) is 0 Å². The van der Waals surface area contributed by atoms with Crippen molar-refractivity contribution in [2.45, 2.75) is 32.4 Å². The van der Waals surface area contributed by atoms with Gasteiger partial charge in [-0.05, 0) is 44.0 Å². The zero-order chi connectivity index (χ0) is 14.8. The molecule has 0 spiro atoms. The first-order valence-electron chi connectivity index (χ1n) is 7.38. The highest BCUT2D eigenvalue weighted by Crippen LogP contribution is 2.29. The van der Waals surface area contributed by atoms with Crippen LogP contribution in [0.3, 0.4) is 0 Å². The van der Waals surface area contributed by atoms with Crippen molar-refractivity contribution < 1.29 is 4.79 Å². The van der Waals surface area contributed by atoms with Gasteiger partial charge in [0.05, 0.1) is 6.54 Å². The van der Waals surface area contributed by atoms with E-state index >= 15 is 0 Å². The Hall–Kier alpha value is -2.23. The lowest BCUT2D eigenvalue weighted by Crippen LogP contribution is -2.36. The fourth-order valence-electron chi connectivity index (χ4n) is 2.42. The van der Waals surface area contributed by atoms with E-state index in [1.807, 2.05) is 55.4 Å². The fraction of sp³-hybridized carbons (Fsp3) is 0.353. The molecule has 0 aliphatic heterocycles. The Labute approximate surface area is 125 Å². The molecule has 0 saturated heterocycles. The number of aryl methyl sites for hydroxylation is 2. The quantitative estimate of drug-likeness (QED) is 0.915. The van der Waals surface area contributed by atoms with Crippen LogP contribution in [-0.2, 0) is 13.6 Å². The first-order valence-corrected chi connectivity index (χ1v) is 7.38. The summed E-state index contributed by atoms with van der Waals surface area (Å²) in [5, 5.41) is 3.00. The molecule has 3 rings (SSSR count). The van der Waals surface area contributed by atoms with Gasteiger partial charge < -0.3 is 14.8 Å². The molecule has 0 radical (unpaired) electrons. The predicted octanol–water partition coefficient (Wildman–Crippen LogP) is 3.53. The van der Waals surface area contributed by atoms with Crippen LogP contribution >= 0.6 is 0 Å². The van der Waals surface area contributed by atoms with E-state index in [2.05, 4.69) is 16.0 Å². The van der Waals surface area contributed by atoms with E-state index in [1.54, 1.807) is 0 Å². The van der Waals surface area contributed by atoms with Gasteiger partial charge in [-0.15, -0.1) is 0 Å². The number of hydrogen-bond donors (Lipinski definition) is 1. The van der Waals surface area contributed by atoms with Gasteiger partial charge in [-0.1, -0.05) is 17.7 Å². The van der Waals surface area contributed by atoms with Crippen LogP contribution in [-0.4, -0.2) is 21.5 Å². The van der Waals surface area contributed by atoms with Gasteiger partial charge >= 0.3 is 6.03 Å². The summed E-state index contributed by atoms with van der Waals surface area (Å²) in [4.78, 5) is 14.5. The number of carbonyl (C=O) groups excluding carboxylic acids is 1. The van der Waals surface area contributed by atoms with Crippen LogP contribution in [0.25, 0.3) is 0 Å². The molecule has 1 aromatic carbocycles. The zero-order valence-corrected chi connectivity index (χ0v) is 12.5. The van der Waals surface area contributed by atoms with E-state index in [0.717, 1.165) is 24.2 Å². The molecule has 1 aromatic heterocycles. The summed E-state index contributed by atoms with van der Waals surface area (Å²) in [6, 6.07) is 12.4. The highest BCUT2D eigenvalue weighted by molar-refractivity contribution is 5.89. The van der Waals surface area contributed by atoms with Crippen molar-refractivity contribution >= 4 is 11.7 Å². The Kier molecular flexibility index (Phi) is 3.69. The molecule has 1 N–H and O–H groups in total. The van der Waals surface area contributed by atoms with Crippen molar-refractivity contribution in [1.29, 1.82) is 0 Å². The zero-order valence-electron chi connectivity index (χ0n) is 12.5. The van der Waals surface area contributed by atoms with Gasteiger partial charge in [0.25, 0.3) is 0 Å². The Morgan fingerprint density at radius 1 is 1.29 bits per heavy atom. The molecule has 21 heavy (non-hydrogen) atoms. The van der Waals surface area contributed by atoms with Gasteiger partial charge in [-0.2, -0.15) is 0 Å². The predicted molar refractivity (Wildman–Crippen MR) is 84.2 cm³/mol. The van der Waals surface area contributed by atoms with Crippen LogP contribution in [0.15, 0.2) is 42.6 Å². The van der Waals surface area contributed by atoms with Crippen LogP contribution in [0.5, 0.6) is 0 Å². The average Bonchev–Trinajstić information content (AvgIpc) is 3.22. The minimum absolute atomic E-state index is 0.0115. The lowest BCUT2D eigenvalue weighted by Gasteiger charge is -2.23. The molecule has 4 heteroatoms. The van der Waals surface area contributed by atoms with Gasteiger partial charge in [0.1, 0.15) is 0 Å². The standard InChI is InChI=1S/C17H21N3O/c1-13-5-7-14(8-6-13)18-17(21)20(15-9-10-15)12-16-4-3-11-19(16)2/h3-8,11,15H,9-10,12H2,1-2H3,(H,18,21). The summed E-state index contributed by atoms with van der Waals surface area (Å²) >= 11 is 0. The molecular weight excluding hydrogens is 262 g/mol. The molecule has 1 aliphatic rings. The Bertz CT molecular complexity index is 626. The molecule has 2 amide bonds. The topological polar surface area (TPSA) is 37.3 Å². The van der Waals surface area contributed by atoms with Gasteiger partial charge in [-0.25, -0.2) is 4.79 Å². The second kappa shape index (κ2) is 5.64. The average molecular weight is 283 g/mol. The number of benzene rings is 1. The molecule has 0 bridgehead atoms. The summed E-state index contributed by atoms with van der Waals surface area (Å²) in [5.74, 6) is 0. The minimum atomic E-state index is -0.0115. The second-order valence-electron chi connectivity index (χ2n) is 5.77. The third-order valence-electron chi connectivity index (χ3n) is 3.94. The maximum Gasteiger partial charge on any atom is 0.322 e. The summed E-state index contributed by atoms with van der Waals surface area (Å²) in [6.45, 7) is 2.70. The smallest absolute Gasteiger partial charge is 0.322 e. The molecule has 1 aliphatic carbocycles. The van der Waals surface area contributed by atoms with Gasteiger partial charge in [-0.3, -0.25) is 0 Å². The number of anilines is 1. The largest absolute Gasteiger partial charge is 0.353 e. The van der Waals surface area contributed by atoms with Crippen molar-refractivity contribution in [2.24, 2.45) is 7.05 Å². The summed E-state index contributed by atoms with van der Waals surface area (Å²) in [7, 11) is 2.01. The molecule has 4 nitrogen and oxygen atoms in total. The van der Waals surface area contributed by atoms with E-state index in [0.29, 0.717) is 12.6 Å². The van der Waals surface area contributed by atoms with E-state index in [-0.39, 0.29) is 6.03 Å². The molecule has 1 heterocycles. The Morgan fingerprint density at radius 3 is 2.57 bits per heavy atom. The monoisotopic (exact) mass is 283 g/mol. The van der Waals surface area contributed by atoms with Crippen molar-refractivity contribution in [3.63, 3.8) is 0 Å². The first-order chi connectivity index (χ1) is 10.1. The maximum absolute atomic E-state index is 12.5. The summed E-state index contributed by atoms with van der Waals surface area (Å²) < 4.78 is 2.06. The lowest BCUT2D eigenvalue weighted by molar-refractivity contribution is 0.205. The SMILES string of the molecule is Cc1ccc(NC(=O)N(Cc2cccn2C)C2CC2)cc1. The number of amides is 2. The normalized spacial score (nSPS) is 14.0. The van der Waals surface area contributed by atoms with E-state index < -0.39 is 0 Å². The van der Waals surface area contributed by atoms with E-state index in [1.165, 1.54) is 5.56 Å². The van der Waals surface area contributed by atoms with Crippen molar-refractivity contribution in [3.05, 3.63) is 53.9 Å². The Balaban J connectivity index is 1.70. The van der Waals surface area contributed by atoms with Crippen molar-refractivity contribution in [2.75, 3.05) is 5.32 Å².